The van der Waals surface area contributed by atoms with E-state index in [0.29, 0.717) is 0 Å². The van der Waals surface area contributed by atoms with Gasteiger partial charge in [0.25, 0.3) is 0 Å². The van der Waals surface area contributed by atoms with Gasteiger partial charge in [-0.1, -0.05) is 12.1 Å². The van der Waals surface area contributed by atoms with Crippen LogP contribution in [0.2, 0.25) is 0 Å². The van der Waals surface area contributed by atoms with Crippen LogP contribution in [0.3, 0.4) is 0 Å². The molecule has 2 fully saturated rings. The van der Waals surface area contributed by atoms with Gasteiger partial charge < -0.3 is 15.2 Å². The average Bonchev–Trinajstić information content (AvgIpc) is 3.07. The molecule has 4 heteroatoms. The summed E-state index contributed by atoms with van der Waals surface area (Å²) in [6.07, 6.45) is 3.36. The SMILES string of the molecule is COc1cccc(CC2(N)CC2)c1OC1CN(C)C1. The highest BCUT2D eigenvalue weighted by atomic mass is 16.5. The van der Waals surface area contributed by atoms with E-state index in [1.165, 1.54) is 5.56 Å². The first-order chi connectivity index (χ1) is 9.09. The van der Waals surface area contributed by atoms with Crippen LogP contribution in [0.1, 0.15) is 18.4 Å². The van der Waals surface area contributed by atoms with Crippen molar-refractivity contribution in [2.45, 2.75) is 30.9 Å². The number of para-hydroxylation sites is 1. The van der Waals surface area contributed by atoms with Crippen molar-refractivity contribution in [3.8, 4) is 11.5 Å². The van der Waals surface area contributed by atoms with Crippen molar-refractivity contribution >= 4 is 0 Å². The Kier molecular flexibility index (Phi) is 3.15. The lowest BCUT2D eigenvalue weighted by molar-refractivity contribution is 0.0362. The van der Waals surface area contributed by atoms with E-state index in [1.54, 1.807) is 7.11 Å². The van der Waals surface area contributed by atoms with Crippen LogP contribution in [-0.2, 0) is 6.42 Å². The topological polar surface area (TPSA) is 47.7 Å². The quantitative estimate of drug-likeness (QED) is 0.872. The maximum atomic E-state index is 6.23. The maximum absolute atomic E-state index is 6.23. The fourth-order valence-electron chi connectivity index (χ4n) is 2.59. The molecule has 19 heavy (non-hydrogen) atoms. The Morgan fingerprint density at radius 2 is 2.11 bits per heavy atom. The molecule has 1 saturated heterocycles. The fraction of sp³-hybridized carbons (Fsp3) is 0.600. The summed E-state index contributed by atoms with van der Waals surface area (Å²) in [4.78, 5) is 2.24. The van der Waals surface area contributed by atoms with Gasteiger partial charge in [-0.3, -0.25) is 4.90 Å². The zero-order valence-corrected chi connectivity index (χ0v) is 11.7. The molecule has 1 aliphatic carbocycles. The lowest BCUT2D eigenvalue weighted by atomic mass is 10.0. The second kappa shape index (κ2) is 4.69. The highest BCUT2D eigenvalue weighted by Gasteiger charge is 2.39. The molecule has 0 spiro atoms. The molecule has 0 amide bonds. The molecule has 1 aromatic carbocycles. The molecule has 0 unspecified atom stereocenters. The van der Waals surface area contributed by atoms with Crippen molar-refractivity contribution in [3.63, 3.8) is 0 Å². The third-order valence-electron chi connectivity index (χ3n) is 4.03. The Bertz CT molecular complexity index is 465. The molecule has 0 radical (unpaired) electrons. The van der Waals surface area contributed by atoms with Gasteiger partial charge in [0.05, 0.1) is 7.11 Å². The minimum atomic E-state index is -0.0130. The minimum absolute atomic E-state index is 0.0130. The zero-order chi connectivity index (χ0) is 13.5. The van der Waals surface area contributed by atoms with Gasteiger partial charge >= 0.3 is 0 Å². The molecule has 0 atom stereocenters. The summed E-state index contributed by atoms with van der Waals surface area (Å²) in [6.45, 7) is 1.95. The number of likely N-dealkylation sites (N-methyl/N-ethyl adjacent to an activating group) is 1. The number of nitrogens with zero attached hydrogens (tertiary/aromatic N) is 1. The molecule has 0 aromatic heterocycles. The van der Waals surface area contributed by atoms with Crippen molar-refractivity contribution in [2.24, 2.45) is 5.73 Å². The van der Waals surface area contributed by atoms with Crippen LogP contribution in [0, 0.1) is 0 Å². The monoisotopic (exact) mass is 262 g/mol. The van der Waals surface area contributed by atoms with Crippen molar-refractivity contribution in [1.29, 1.82) is 0 Å². The summed E-state index contributed by atoms with van der Waals surface area (Å²) in [5, 5.41) is 0. The summed E-state index contributed by atoms with van der Waals surface area (Å²) < 4.78 is 11.6. The highest BCUT2D eigenvalue weighted by molar-refractivity contribution is 5.48. The molecule has 1 aliphatic heterocycles. The van der Waals surface area contributed by atoms with Crippen LogP contribution in [0.15, 0.2) is 18.2 Å². The molecular weight excluding hydrogens is 240 g/mol. The molecule has 3 rings (SSSR count). The van der Waals surface area contributed by atoms with E-state index in [4.69, 9.17) is 15.2 Å². The van der Waals surface area contributed by atoms with E-state index < -0.39 is 0 Å². The molecule has 1 aromatic rings. The Balaban J connectivity index is 1.81. The molecular formula is C15H22N2O2. The molecule has 4 nitrogen and oxygen atoms in total. The molecule has 2 aliphatic rings. The van der Waals surface area contributed by atoms with Gasteiger partial charge in [0.15, 0.2) is 11.5 Å². The second-order valence-electron chi connectivity index (χ2n) is 5.95. The van der Waals surface area contributed by atoms with Gasteiger partial charge in [0.1, 0.15) is 6.10 Å². The summed E-state index contributed by atoms with van der Waals surface area (Å²) in [5.41, 5.74) is 7.40. The average molecular weight is 262 g/mol. The maximum Gasteiger partial charge on any atom is 0.164 e. The lowest BCUT2D eigenvalue weighted by Gasteiger charge is -2.36. The lowest BCUT2D eigenvalue weighted by Crippen LogP contribution is -2.51. The van der Waals surface area contributed by atoms with E-state index in [0.717, 1.165) is 43.9 Å². The molecule has 1 saturated carbocycles. The van der Waals surface area contributed by atoms with E-state index >= 15 is 0 Å². The van der Waals surface area contributed by atoms with Gasteiger partial charge in [-0.25, -0.2) is 0 Å². The van der Waals surface area contributed by atoms with Crippen LogP contribution in [-0.4, -0.2) is 43.8 Å². The third-order valence-corrected chi connectivity index (χ3v) is 4.03. The number of likely N-dealkylation sites (tertiary alicyclic amines) is 1. The minimum Gasteiger partial charge on any atom is -0.493 e. The Morgan fingerprint density at radius 1 is 1.37 bits per heavy atom. The molecule has 1 heterocycles. The number of rotatable bonds is 5. The Morgan fingerprint density at radius 3 is 2.68 bits per heavy atom. The second-order valence-corrected chi connectivity index (χ2v) is 5.95. The van der Waals surface area contributed by atoms with Gasteiger partial charge in [-0.2, -0.15) is 0 Å². The fourth-order valence-corrected chi connectivity index (χ4v) is 2.59. The van der Waals surface area contributed by atoms with E-state index in [1.807, 2.05) is 12.1 Å². The zero-order valence-electron chi connectivity index (χ0n) is 11.7. The molecule has 2 N–H and O–H groups in total. The van der Waals surface area contributed by atoms with Gasteiger partial charge in [-0.15, -0.1) is 0 Å². The number of hydrogen-bond acceptors (Lipinski definition) is 4. The van der Waals surface area contributed by atoms with Crippen LogP contribution < -0.4 is 15.2 Å². The smallest absolute Gasteiger partial charge is 0.164 e. The van der Waals surface area contributed by atoms with E-state index in [9.17, 15) is 0 Å². The van der Waals surface area contributed by atoms with E-state index in [-0.39, 0.29) is 11.6 Å². The van der Waals surface area contributed by atoms with E-state index in [2.05, 4.69) is 18.0 Å². The number of benzene rings is 1. The van der Waals surface area contributed by atoms with Crippen LogP contribution in [0.5, 0.6) is 11.5 Å². The number of methoxy groups -OCH3 is 1. The Labute approximate surface area is 114 Å². The predicted molar refractivity (Wildman–Crippen MR) is 74.8 cm³/mol. The summed E-state index contributed by atoms with van der Waals surface area (Å²) in [6, 6.07) is 6.07. The summed E-state index contributed by atoms with van der Waals surface area (Å²) >= 11 is 0. The normalized spacial score (nSPS) is 21.8. The highest BCUT2D eigenvalue weighted by Crippen LogP contribution is 2.41. The first-order valence-electron chi connectivity index (χ1n) is 6.90. The van der Waals surface area contributed by atoms with Crippen molar-refractivity contribution in [1.82, 2.24) is 4.90 Å². The Hall–Kier alpha value is -1.26. The van der Waals surface area contributed by atoms with Crippen molar-refractivity contribution in [2.75, 3.05) is 27.2 Å². The largest absolute Gasteiger partial charge is 0.493 e. The van der Waals surface area contributed by atoms with Crippen LogP contribution >= 0.6 is 0 Å². The standard InChI is InChI=1S/C15H22N2O2/c1-17-9-12(10-17)19-14-11(8-15(16)6-7-15)4-3-5-13(14)18-2/h3-5,12H,6-10,16H2,1-2H3. The number of hydrogen-bond donors (Lipinski definition) is 1. The first kappa shape index (κ1) is 12.8. The van der Waals surface area contributed by atoms with Gasteiger partial charge in [-0.05, 0) is 37.9 Å². The summed E-state index contributed by atoms with van der Waals surface area (Å²) in [7, 11) is 3.79. The first-order valence-corrected chi connectivity index (χ1v) is 6.90. The number of ether oxygens (including phenoxy) is 2. The molecule has 104 valence electrons. The molecule has 0 bridgehead atoms. The third kappa shape index (κ3) is 2.69. The van der Waals surface area contributed by atoms with Crippen molar-refractivity contribution < 1.29 is 9.47 Å². The van der Waals surface area contributed by atoms with Crippen LogP contribution in [0.25, 0.3) is 0 Å². The van der Waals surface area contributed by atoms with Crippen LogP contribution in [0.4, 0.5) is 0 Å². The van der Waals surface area contributed by atoms with Crippen molar-refractivity contribution in [3.05, 3.63) is 23.8 Å². The van der Waals surface area contributed by atoms with Gasteiger partial charge in [0.2, 0.25) is 0 Å². The number of nitrogens with two attached hydrogens (primary N) is 1. The predicted octanol–water partition coefficient (Wildman–Crippen LogP) is 1.42. The van der Waals surface area contributed by atoms with Gasteiger partial charge in [0, 0.05) is 18.6 Å². The summed E-state index contributed by atoms with van der Waals surface area (Å²) in [5.74, 6) is 1.70.